The quantitative estimate of drug-likeness (QED) is 0.181. The van der Waals surface area contributed by atoms with Crippen molar-refractivity contribution in [1.29, 1.82) is 0 Å². The highest BCUT2D eigenvalue weighted by Gasteiger charge is 2.25. The van der Waals surface area contributed by atoms with Gasteiger partial charge in [-0.25, -0.2) is 0 Å². The predicted octanol–water partition coefficient (Wildman–Crippen LogP) is 6.79. The zero-order valence-corrected chi connectivity index (χ0v) is 27.2. The van der Waals surface area contributed by atoms with Gasteiger partial charge in [0.05, 0.1) is 34.0 Å². The van der Waals surface area contributed by atoms with Crippen molar-refractivity contribution < 1.29 is 9.30 Å². The lowest BCUT2D eigenvalue weighted by atomic mass is 10.1. The second-order valence-electron chi connectivity index (χ2n) is 10.3. The van der Waals surface area contributed by atoms with Crippen LogP contribution in [-0.2, 0) is 13.1 Å². The summed E-state index contributed by atoms with van der Waals surface area (Å²) in [4.78, 5) is 17.2. The van der Waals surface area contributed by atoms with Gasteiger partial charge in [-0.2, -0.15) is 4.57 Å². The van der Waals surface area contributed by atoms with Gasteiger partial charge in [0.2, 0.25) is 5.52 Å². The summed E-state index contributed by atoms with van der Waals surface area (Å²) in [5, 5.41) is 4.82. The van der Waals surface area contributed by atoms with Gasteiger partial charge < -0.3 is 9.64 Å². The van der Waals surface area contributed by atoms with Gasteiger partial charge in [-0.3, -0.25) is 9.36 Å². The molecule has 8 heteroatoms. The van der Waals surface area contributed by atoms with Crippen LogP contribution in [0.4, 0.5) is 5.69 Å². The van der Waals surface area contributed by atoms with E-state index in [2.05, 4.69) is 90.9 Å². The topological polar surface area (TPSA) is 38.4 Å². The molecule has 1 aliphatic rings. The van der Waals surface area contributed by atoms with Gasteiger partial charge in [-0.05, 0) is 68.3 Å². The van der Waals surface area contributed by atoms with Crippen LogP contribution in [0.3, 0.4) is 0 Å². The van der Waals surface area contributed by atoms with Crippen molar-refractivity contribution >= 4 is 73.3 Å². The highest BCUT2D eigenvalue weighted by molar-refractivity contribution is 8.04. The smallest absolute Gasteiger partial charge is 0.269 e. The summed E-state index contributed by atoms with van der Waals surface area (Å²) in [5.41, 5.74) is 3.64. The Labute approximate surface area is 258 Å². The van der Waals surface area contributed by atoms with Crippen molar-refractivity contribution in [3.8, 4) is 5.75 Å². The number of thioether (sulfide) groups is 1. The number of nitrogens with zero attached hydrogens (tertiary/aromatic N) is 3. The number of allylic oxidation sites excluding steroid dienone is 1. The fourth-order valence-electron chi connectivity index (χ4n) is 5.59. The zero-order valence-electron chi connectivity index (χ0n) is 24.8. The van der Waals surface area contributed by atoms with E-state index in [1.54, 1.807) is 34.4 Å². The second-order valence-corrected chi connectivity index (χ2v) is 13.4. The predicted molar refractivity (Wildman–Crippen MR) is 181 cm³/mol. The molecule has 1 aliphatic heterocycles. The second kappa shape index (κ2) is 12.1. The van der Waals surface area contributed by atoms with Gasteiger partial charge in [0.25, 0.3) is 10.6 Å². The molecule has 0 fully saturated rings. The maximum absolute atomic E-state index is 13.6. The summed E-state index contributed by atoms with van der Waals surface area (Å²) in [6.45, 7) is 13.6. The Kier molecular flexibility index (Phi) is 8.30. The Balaban J connectivity index is 1.44. The molecule has 5 aromatic rings. The molecule has 0 atom stereocenters. The van der Waals surface area contributed by atoms with E-state index < -0.39 is 0 Å². The number of aromatic nitrogens is 2. The third-order valence-corrected chi connectivity index (χ3v) is 11.0. The molecule has 0 aliphatic carbocycles. The Hall–Kier alpha value is -3.33. The van der Waals surface area contributed by atoms with Crippen LogP contribution in [0.1, 0.15) is 44.7 Å². The van der Waals surface area contributed by atoms with E-state index in [1.807, 2.05) is 24.5 Å². The normalized spacial score (nSPS) is 15.1. The highest BCUT2D eigenvalue weighted by atomic mass is 32.2. The number of hydrogen-bond acceptors (Lipinski definition) is 6. The number of fused-ring (bicyclic) bond motifs is 4. The van der Waals surface area contributed by atoms with E-state index in [-0.39, 0.29) is 5.56 Å². The van der Waals surface area contributed by atoms with Gasteiger partial charge in [0.1, 0.15) is 21.7 Å². The number of anilines is 1. The molecule has 0 spiro atoms. The molecule has 0 saturated carbocycles. The van der Waals surface area contributed by atoms with E-state index in [0.29, 0.717) is 13.2 Å². The molecule has 0 amide bonds. The summed E-state index contributed by atoms with van der Waals surface area (Å²) in [6.07, 6.45) is 7.35. The minimum Gasteiger partial charge on any atom is -0.493 e. The van der Waals surface area contributed by atoms with Crippen LogP contribution in [0.5, 0.6) is 5.75 Å². The first kappa shape index (κ1) is 28.8. The molecular formula is C34H36N3O2S3+. The van der Waals surface area contributed by atoms with Crippen molar-refractivity contribution in [3.63, 3.8) is 0 Å². The molecule has 5 nitrogen and oxygen atoms in total. The van der Waals surface area contributed by atoms with Crippen molar-refractivity contribution in [3.05, 3.63) is 89.8 Å². The van der Waals surface area contributed by atoms with Crippen LogP contribution >= 0.6 is 34.4 Å². The lowest BCUT2D eigenvalue weighted by Crippen LogP contribution is -2.36. The van der Waals surface area contributed by atoms with Crippen molar-refractivity contribution in [2.75, 3.05) is 18.1 Å². The molecule has 2 aromatic heterocycles. The number of hydrogen-bond donors (Lipinski definition) is 0. The number of thiazole rings is 2. The Morgan fingerprint density at radius 3 is 2.57 bits per heavy atom. The SMILES string of the molecule is CCC[n+]1c(C=c2sc(=CC=C3Sc4c(ccc5ccccc45)N3CC)c(=O)n2CC)sc2cc(C)c(OCC)cc21. The van der Waals surface area contributed by atoms with Crippen molar-refractivity contribution in [2.24, 2.45) is 0 Å². The van der Waals surface area contributed by atoms with Crippen LogP contribution in [0.15, 0.2) is 69.3 Å². The van der Waals surface area contributed by atoms with Gasteiger partial charge in [-0.1, -0.05) is 60.4 Å². The third kappa shape index (κ3) is 5.10. The summed E-state index contributed by atoms with van der Waals surface area (Å²) in [7, 11) is 0. The Morgan fingerprint density at radius 2 is 1.81 bits per heavy atom. The van der Waals surface area contributed by atoms with E-state index >= 15 is 0 Å². The highest BCUT2D eigenvalue weighted by Crippen LogP contribution is 2.49. The largest absolute Gasteiger partial charge is 0.493 e. The standard InChI is InChI=1S/C34H36N3O2S3/c1-6-18-37-26-20-27(39-9-4)22(5)19-29(26)41-32(37)21-31-36(8-3)34(38)28(40-31)16-17-30-35(7-2)25-15-14-23-12-10-11-13-24(23)33(25)42-30/h10-17,19-21H,6-9,18H2,1-5H3/q+1. The van der Waals surface area contributed by atoms with Crippen LogP contribution in [0.25, 0.3) is 33.1 Å². The minimum absolute atomic E-state index is 0.0669. The Morgan fingerprint density at radius 1 is 0.976 bits per heavy atom. The third-order valence-electron chi connectivity index (χ3n) is 7.59. The van der Waals surface area contributed by atoms with E-state index in [0.717, 1.165) is 50.1 Å². The summed E-state index contributed by atoms with van der Waals surface area (Å²) in [6, 6.07) is 17.4. The molecule has 216 valence electrons. The maximum Gasteiger partial charge on any atom is 0.269 e. The summed E-state index contributed by atoms with van der Waals surface area (Å²) < 4.78 is 13.1. The van der Waals surface area contributed by atoms with E-state index in [9.17, 15) is 4.79 Å². The monoisotopic (exact) mass is 614 g/mol. The molecule has 6 rings (SSSR count). The number of rotatable bonds is 8. The molecule has 3 heterocycles. The molecule has 0 N–H and O–H groups in total. The van der Waals surface area contributed by atoms with Gasteiger partial charge in [0, 0.05) is 24.4 Å². The van der Waals surface area contributed by atoms with Crippen LogP contribution in [0, 0.1) is 6.92 Å². The average Bonchev–Trinajstić information content (AvgIpc) is 3.62. The van der Waals surface area contributed by atoms with Crippen molar-refractivity contribution in [2.45, 2.75) is 59.0 Å². The van der Waals surface area contributed by atoms with E-state index in [4.69, 9.17) is 4.74 Å². The molecule has 42 heavy (non-hydrogen) atoms. The first-order valence-electron chi connectivity index (χ1n) is 14.7. The number of benzene rings is 3. The van der Waals surface area contributed by atoms with Crippen LogP contribution in [-0.4, -0.2) is 17.7 Å². The first-order chi connectivity index (χ1) is 20.5. The molecule has 0 unspecified atom stereocenters. The first-order valence-corrected chi connectivity index (χ1v) is 17.1. The van der Waals surface area contributed by atoms with Crippen molar-refractivity contribution in [1.82, 2.24) is 4.57 Å². The lowest BCUT2D eigenvalue weighted by molar-refractivity contribution is -0.668. The molecule has 3 aromatic carbocycles. The summed E-state index contributed by atoms with van der Waals surface area (Å²) >= 11 is 5.14. The minimum atomic E-state index is 0.0669. The lowest BCUT2D eigenvalue weighted by Gasteiger charge is -2.17. The summed E-state index contributed by atoms with van der Waals surface area (Å²) in [5.74, 6) is 0.937. The van der Waals surface area contributed by atoms with Crippen LogP contribution in [0.2, 0.25) is 0 Å². The molecule has 0 bridgehead atoms. The average molecular weight is 615 g/mol. The Bertz CT molecular complexity index is 2020. The number of ether oxygens (including phenoxy) is 1. The van der Waals surface area contributed by atoms with E-state index in [1.165, 1.54) is 31.6 Å². The maximum atomic E-state index is 13.6. The molecule has 0 radical (unpaired) electrons. The fourth-order valence-corrected chi connectivity index (χ4v) is 9.18. The molecule has 0 saturated heterocycles. The molecular weight excluding hydrogens is 579 g/mol. The van der Waals surface area contributed by atoms with Gasteiger partial charge >= 0.3 is 0 Å². The zero-order chi connectivity index (χ0) is 29.4. The van der Waals surface area contributed by atoms with Crippen LogP contribution < -0.4 is 29.0 Å². The number of aryl methyl sites for hydroxylation is 2. The van der Waals surface area contributed by atoms with Gasteiger partial charge in [-0.15, -0.1) is 11.3 Å². The van der Waals surface area contributed by atoms with Gasteiger partial charge in [0.15, 0.2) is 0 Å². The fraction of sp³-hybridized carbons (Fsp3) is 0.294.